The topological polar surface area (TPSA) is 93.0 Å². The van der Waals surface area contributed by atoms with Gasteiger partial charge in [0.2, 0.25) is 11.6 Å². The molecule has 1 atom stereocenters. The molecule has 2 N–H and O–H groups in total. The Hall–Kier alpha value is -1.92. The number of nitrogens with one attached hydrogen (secondary N) is 2. The van der Waals surface area contributed by atoms with Gasteiger partial charge in [-0.2, -0.15) is 0 Å². The molecule has 2 rings (SSSR count). The Balaban J connectivity index is 2.19. The quantitative estimate of drug-likeness (QED) is 0.581. The van der Waals surface area contributed by atoms with E-state index in [0.29, 0.717) is 5.82 Å². The highest BCUT2D eigenvalue weighted by molar-refractivity contribution is 5.69. The first-order chi connectivity index (χ1) is 9.15. The molecular formula is C12H19N5O2. The Kier molecular flexibility index (Phi) is 4.13. The Morgan fingerprint density at radius 1 is 1.47 bits per heavy atom. The van der Waals surface area contributed by atoms with Gasteiger partial charge in [-0.25, -0.2) is 9.97 Å². The lowest BCUT2D eigenvalue weighted by atomic mass is 10.1. The second-order valence-corrected chi connectivity index (χ2v) is 4.86. The monoisotopic (exact) mass is 265 g/mol. The first kappa shape index (κ1) is 13.5. The summed E-state index contributed by atoms with van der Waals surface area (Å²) >= 11 is 0. The minimum Gasteiger partial charge on any atom is -0.367 e. The standard InChI is InChI=1S/C12H19N5O2/c1-3-9(6-8-4-5-8)16-12-10(17(18)19)11(13-2)14-7-15-12/h7-9H,3-6H2,1-2H3,(H2,13,14,15,16). The summed E-state index contributed by atoms with van der Waals surface area (Å²) < 4.78 is 0. The Bertz CT molecular complexity index is 461. The number of aromatic nitrogens is 2. The van der Waals surface area contributed by atoms with Gasteiger partial charge in [0.1, 0.15) is 6.33 Å². The SMILES string of the molecule is CCC(CC1CC1)Nc1ncnc(NC)c1[N+](=O)[O-]. The van der Waals surface area contributed by atoms with Crippen LogP contribution in [0.25, 0.3) is 0 Å². The van der Waals surface area contributed by atoms with Gasteiger partial charge in [-0.1, -0.05) is 19.8 Å². The summed E-state index contributed by atoms with van der Waals surface area (Å²) in [6.07, 6.45) is 5.85. The van der Waals surface area contributed by atoms with E-state index in [1.165, 1.54) is 19.2 Å². The van der Waals surface area contributed by atoms with Crippen molar-refractivity contribution >= 4 is 17.3 Å². The summed E-state index contributed by atoms with van der Waals surface area (Å²) in [5, 5.41) is 17.1. The second-order valence-electron chi connectivity index (χ2n) is 4.86. The fraction of sp³-hybridized carbons (Fsp3) is 0.667. The first-order valence-electron chi connectivity index (χ1n) is 6.59. The van der Waals surface area contributed by atoms with Crippen molar-refractivity contribution in [3.63, 3.8) is 0 Å². The average molecular weight is 265 g/mol. The van der Waals surface area contributed by atoms with Gasteiger partial charge < -0.3 is 10.6 Å². The van der Waals surface area contributed by atoms with Gasteiger partial charge in [-0.05, 0) is 18.8 Å². The molecule has 1 aliphatic rings. The average Bonchev–Trinajstić information content (AvgIpc) is 3.21. The van der Waals surface area contributed by atoms with Gasteiger partial charge in [0.15, 0.2) is 0 Å². The fourth-order valence-electron chi connectivity index (χ4n) is 2.12. The van der Waals surface area contributed by atoms with Gasteiger partial charge in [0.05, 0.1) is 4.92 Å². The Morgan fingerprint density at radius 2 is 2.16 bits per heavy atom. The molecular weight excluding hydrogens is 246 g/mol. The molecule has 1 fully saturated rings. The third kappa shape index (κ3) is 3.30. The molecule has 1 heterocycles. The van der Waals surface area contributed by atoms with Crippen molar-refractivity contribution in [2.45, 2.75) is 38.6 Å². The Labute approximate surface area is 112 Å². The van der Waals surface area contributed by atoms with Gasteiger partial charge >= 0.3 is 5.69 Å². The largest absolute Gasteiger partial charge is 0.367 e. The lowest BCUT2D eigenvalue weighted by Gasteiger charge is -2.17. The zero-order chi connectivity index (χ0) is 13.8. The van der Waals surface area contributed by atoms with Crippen LogP contribution >= 0.6 is 0 Å². The van der Waals surface area contributed by atoms with Crippen molar-refractivity contribution in [2.75, 3.05) is 17.7 Å². The van der Waals surface area contributed by atoms with Crippen LogP contribution < -0.4 is 10.6 Å². The van der Waals surface area contributed by atoms with Crippen molar-refractivity contribution in [1.29, 1.82) is 0 Å². The van der Waals surface area contributed by atoms with Crippen LogP contribution in [0, 0.1) is 16.0 Å². The summed E-state index contributed by atoms with van der Waals surface area (Å²) in [7, 11) is 1.61. The highest BCUT2D eigenvalue weighted by Crippen LogP contribution is 2.36. The maximum atomic E-state index is 11.2. The van der Waals surface area contributed by atoms with Crippen LogP contribution in [0.5, 0.6) is 0 Å². The van der Waals surface area contributed by atoms with Crippen molar-refractivity contribution < 1.29 is 4.92 Å². The van der Waals surface area contributed by atoms with E-state index < -0.39 is 4.92 Å². The molecule has 0 aromatic carbocycles. The fourth-order valence-corrected chi connectivity index (χ4v) is 2.12. The maximum absolute atomic E-state index is 11.2. The molecule has 1 aromatic rings. The third-order valence-electron chi connectivity index (χ3n) is 3.39. The highest BCUT2D eigenvalue weighted by atomic mass is 16.6. The van der Waals surface area contributed by atoms with Crippen LogP contribution in [0.1, 0.15) is 32.6 Å². The van der Waals surface area contributed by atoms with E-state index in [4.69, 9.17) is 0 Å². The van der Waals surface area contributed by atoms with Gasteiger partial charge in [0, 0.05) is 13.1 Å². The predicted molar refractivity (Wildman–Crippen MR) is 73.3 cm³/mol. The number of hydrogen-bond donors (Lipinski definition) is 2. The summed E-state index contributed by atoms with van der Waals surface area (Å²) in [6.45, 7) is 2.08. The molecule has 7 nitrogen and oxygen atoms in total. The number of hydrogen-bond acceptors (Lipinski definition) is 6. The molecule has 0 saturated heterocycles. The van der Waals surface area contributed by atoms with Crippen molar-refractivity contribution in [2.24, 2.45) is 5.92 Å². The molecule has 1 aromatic heterocycles. The molecule has 7 heteroatoms. The number of nitrogens with zero attached hydrogens (tertiary/aromatic N) is 3. The van der Waals surface area contributed by atoms with Crippen LogP contribution in [0.3, 0.4) is 0 Å². The summed E-state index contributed by atoms with van der Waals surface area (Å²) in [4.78, 5) is 18.6. The van der Waals surface area contributed by atoms with Crippen LogP contribution in [-0.4, -0.2) is 28.0 Å². The first-order valence-corrected chi connectivity index (χ1v) is 6.59. The lowest BCUT2D eigenvalue weighted by Crippen LogP contribution is -2.21. The molecule has 104 valence electrons. The smallest absolute Gasteiger partial charge is 0.353 e. The zero-order valence-electron chi connectivity index (χ0n) is 11.2. The van der Waals surface area contributed by atoms with Crippen LogP contribution in [0.4, 0.5) is 17.3 Å². The summed E-state index contributed by atoms with van der Waals surface area (Å²) in [5.74, 6) is 1.31. The van der Waals surface area contributed by atoms with Crippen molar-refractivity contribution in [3.05, 3.63) is 16.4 Å². The van der Waals surface area contributed by atoms with Crippen LogP contribution in [-0.2, 0) is 0 Å². The van der Waals surface area contributed by atoms with Crippen LogP contribution in [0.2, 0.25) is 0 Å². The number of rotatable bonds is 7. The maximum Gasteiger partial charge on any atom is 0.353 e. The second kappa shape index (κ2) is 5.81. The van der Waals surface area contributed by atoms with E-state index in [9.17, 15) is 10.1 Å². The Morgan fingerprint density at radius 3 is 2.68 bits per heavy atom. The van der Waals surface area contributed by atoms with E-state index in [0.717, 1.165) is 18.8 Å². The molecule has 19 heavy (non-hydrogen) atoms. The molecule has 1 aliphatic carbocycles. The lowest BCUT2D eigenvalue weighted by molar-refractivity contribution is -0.383. The number of nitro groups is 1. The van der Waals surface area contributed by atoms with E-state index in [-0.39, 0.29) is 17.5 Å². The van der Waals surface area contributed by atoms with E-state index in [1.54, 1.807) is 7.05 Å². The van der Waals surface area contributed by atoms with Gasteiger partial charge in [-0.3, -0.25) is 10.1 Å². The van der Waals surface area contributed by atoms with Gasteiger partial charge in [0.25, 0.3) is 0 Å². The zero-order valence-corrected chi connectivity index (χ0v) is 11.2. The molecule has 0 amide bonds. The minimum atomic E-state index is -0.446. The summed E-state index contributed by atoms with van der Waals surface area (Å²) in [6, 6.07) is 0.228. The predicted octanol–water partition coefficient (Wildman–Crippen LogP) is 2.42. The molecule has 1 unspecified atom stereocenters. The van der Waals surface area contributed by atoms with Crippen molar-refractivity contribution in [1.82, 2.24) is 9.97 Å². The minimum absolute atomic E-state index is 0.0840. The van der Waals surface area contributed by atoms with Gasteiger partial charge in [-0.15, -0.1) is 0 Å². The van der Waals surface area contributed by atoms with E-state index in [2.05, 4.69) is 27.5 Å². The van der Waals surface area contributed by atoms with Crippen molar-refractivity contribution in [3.8, 4) is 0 Å². The molecule has 0 radical (unpaired) electrons. The molecule has 0 aliphatic heterocycles. The summed E-state index contributed by atoms with van der Waals surface area (Å²) in [5.41, 5.74) is -0.0840. The van der Waals surface area contributed by atoms with Crippen LogP contribution in [0.15, 0.2) is 6.33 Å². The number of anilines is 2. The molecule has 0 spiro atoms. The normalized spacial score (nSPS) is 15.9. The third-order valence-corrected chi connectivity index (χ3v) is 3.39. The van der Waals surface area contributed by atoms with E-state index >= 15 is 0 Å². The highest BCUT2D eigenvalue weighted by Gasteiger charge is 2.28. The molecule has 0 bridgehead atoms. The molecule has 1 saturated carbocycles. The van der Waals surface area contributed by atoms with E-state index in [1.807, 2.05) is 0 Å².